The van der Waals surface area contributed by atoms with Crippen LogP contribution < -0.4 is 4.74 Å². The van der Waals surface area contributed by atoms with Crippen LogP contribution in [0.15, 0.2) is 18.2 Å². The monoisotopic (exact) mass is 416 g/mol. The molecular formula is C21H25ClN4O3. The van der Waals surface area contributed by atoms with Gasteiger partial charge in [-0.1, -0.05) is 11.6 Å². The molecule has 3 fully saturated rings. The van der Waals surface area contributed by atoms with Crippen LogP contribution in [-0.4, -0.2) is 71.4 Å². The van der Waals surface area contributed by atoms with E-state index in [9.17, 15) is 4.79 Å². The van der Waals surface area contributed by atoms with E-state index in [0.717, 1.165) is 62.4 Å². The van der Waals surface area contributed by atoms with Crippen molar-refractivity contribution in [3.8, 4) is 11.4 Å². The Morgan fingerprint density at radius 3 is 2.83 bits per heavy atom. The molecule has 0 N–H and O–H groups in total. The third-order valence-corrected chi connectivity index (χ3v) is 6.61. The van der Waals surface area contributed by atoms with Gasteiger partial charge in [0, 0.05) is 44.2 Å². The minimum atomic E-state index is 0.0267. The smallest absolute Gasteiger partial charge is 0.275 e. The topological polar surface area (TPSA) is 59.8 Å². The molecule has 29 heavy (non-hydrogen) atoms. The van der Waals surface area contributed by atoms with Crippen LogP contribution in [0.4, 0.5) is 0 Å². The first-order chi connectivity index (χ1) is 14.2. The second-order valence-electron chi connectivity index (χ2n) is 7.88. The van der Waals surface area contributed by atoms with Gasteiger partial charge in [0.05, 0.1) is 36.7 Å². The maximum absolute atomic E-state index is 13.6. The molecular weight excluding hydrogens is 392 g/mol. The van der Waals surface area contributed by atoms with E-state index in [1.54, 1.807) is 7.11 Å². The lowest BCUT2D eigenvalue weighted by Gasteiger charge is -2.31. The summed E-state index contributed by atoms with van der Waals surface area (Å²) in [5.74, 6) is 0.644. The van der Waals surface area contributed by atoms with Crippen molar-refractivity contribution in [2.24, 2.45) is 0 Å². The lowest BCUT2D eigenvalue weighted by Crippen LogP contribution is -2.42. The number of fused-ring (bicyclic) bond motifs is 5. The number of hydrogen-bond acceptors (Lipinski definition) is 5. The molecule has 154 valence electrons. The van der Waals surface area contributed by atoms with Gasteiger partial charge in [-0.05, 0) is 31.0 Å². The Morgan fingerprint density at radius 1 is 1.24 bits per heavy atom. The number of methoxy groups -OCH3 is 1. The molecule has 0 atom stereocenters. The summed E-state index contributed by atoms with van der Waals surface area (Å²) in [4.78, 5) is 18.0. The number of amides is 1. The average molecular weight is 417 g/mol. The standard InChI is InChI=1S/C21H25ClN4O3/c1-28-19-3-2-15(12-17(19)22)26-18-6-11-29-13-16(18)20(23-26)21(27)25-10-9-24-7-4-14(25)5-8-24/h2-3,12,14H,4-11,13H2,1H3. The number of piperidine rings is 1. The summed E-state index contributed by atoms with van der Waals surface area (Å²) in [5.41, 5.74) is 3.29. The van der Waals surface area contributed by atoms with E-state index in [1.165, 1.54) is 0 Å². The highest BCUT2D eigenvalue weighted by Gasteiger charge is 2.36. The molecule has 0 radical (unpaired) electrons. The summed E-state index contributed by atoms with van der Waals surface area (Å²) >= 11 is 6.34. The number of benzene rings is 1. The highest BCUT2D eigenvalue weighted by atomic mass is 35.5. The SMILES string of the molecule is COc1ccc(-n2nc(C(=O)N3CCN4CCC3CC4)c3c2CCOC3)cc1Cl. The molecule has 2 bridgehead atoms. The molecule has 0 saturated carbocycles. The second kappa shape index (κ2) is 7.63. The Morgan fingerprint density at radius 2 is 2.07 bits per heavy atom. The largest absolute Gasteiger partial charge is 0.495 e. The molecule has 2 aromatic rings. The van der Waals surface area contributed by atoms with Crippen LogP contribution in [0.25, 0.3) is 5.69 Å². The van der Waals surface area contributed by atoms with Gasteiger partial charge in [0.15, 0.2) is 5.69 Å². The van der Waals surface area contributed by atoms with Gasteiger partial charge in [-0.2, -0.15) is 5.10 Å². The number of ether oxygens (including phenoxy) is 2. The summed E-state index contributed by atoms with van der Waals surface area (Å²) in [7, 11) is 1.59. The number of hydrogen-bond donors (Lipinski definition) is 0. The van der Waals surface area contributed by atoms with Crippen molar-refractivity contribution in [2.75, 3.05) is 39.9 Å². The summed E-state index contributed by atoms with van der Waals surface area (Å²) < 4.78 is 12.8. The van der Waals surface area contributed by atoms with E-state index in [2.05, 4.69) is 4.90 Å². The molecule has 1 amide bonds. The van der Waals surface area contributed by atoms with Crippen LogP contribution in [0.5, 0.6) is 5.75 Å². The van der Waals surface area contributed by atoms with E-state index in [1.807, 2.05) is 27.8 Å². The Kier molecular flexibility index (Phi) is 4.97. The van der Waals surface area contributed by atoms with Crippen LogP contribution in [0.2, 0.25) is 5.02 Å². The number of carbonyl (C=O) groups is 1. The van der Waals surface area contributed by atoms with Crippen LogP contribution in [0.1, 0.15) is 34.6 Å². The summed E-state index contributed by atoms with van der Waals surface area (Å²) in [6.45, 7) is 4.90. The number of carbonyl (C=O) groups excluding carboxylic acids is 1. The molecule has 8 heteroatoms. The van der Waals surface area contributed by atoms with Crippen LogP contribution >= 0.6 is 11.6 Å². The molecule has 4 aliphatic heterocycles. The number of nitrogens with zero attached hydrogens (tertiary/aromatic N) is 4. The summed E-state index contributed by atoms with van der Waals surface area (Å²) in [6.07, 6.45) is 2.80. The number of aromatic nitrogens is 2. The fourth-order valence-electron chi connectivity index (χ4n) is 4.70. The summed E-state index contributed by atoms with van der Waals surface area (Å²) in [6, 6.07) is 5.89. The quantitative estimate of drug-likeness (QED) is 0.769. The van der Waals surface area contributed by atoms with Crippen molar-refractivity contribution in [1.29, 1.82) is 0 Å². The predicted molar refractivity (Wildman–Crippen MR) is 109 cm³/mol. The minimum Gasteiger partial charge on any atom is -0.495 e. The zero-order chi connectivity index (χ0) is 20.0. The maximum atomic E-state index is 13.6. The lowest BCUT2D eigenvalue weighted by atomic mass is 10.0. The van der Waals surface area contributed by atoms with Gasteiger partial charge in [-0.15, -0.1) is 0 Å². The molecule has 0 unspecified atom stereocenters. The van der Waals surface area contributed by atoms with Crippen molar-refractivity contribution < 1.29 is 14.3 Å². The fourth-order valence-corrected chi connectivity index (χ4v) is 4.95. The first kappa shape index (κ1) is 18.9. The first-order valence-electron chi connectivity index (χ1n) is 10.2. The molecule has 0 aliphatic carbocycles. The van der Waals surface area contributed by atoms with Crippen LogP contribution in [-0.2, 0) is 17.8 Å². The molecule has 1 aromatic carbocycles. The van der Waals surface area contributed by atoms with E-state index in [-0.39, 0.29) is 5.91 Å². The van der Waals surface area contributed by atoms with Crippen molar-refractivity contribution in [3.05, 3.63) is 40.2 Å². The molecule has 7 nitrogen and oxygen atoms in total. The van der Waals surface area contributed by atoms with E-state index < -0.39 is 0 Å². The molecule has 4 aliphatic rings. The Labute approximate surface area is 175 Å². The molecule has 6 rings (SSSR count). The van der Waals surface area contributed by atoms with Gasteiger partial charge in [0.1, 0.15) is 5.75 Å². The highest BCUT2D eigenvalue weighted by Crippen LogP contribution is 2.31. The fraction of sp³-hybridized carbons (Fsp3) is 0.524. The van der Waals surface area contributed by atoms with Crippen molar-refractivity contribution >= 4 is 17.5 Å². The van der Waals surface area contributed by atoms with Gasteiger partial charge in [-0.25, -0.2) is 4.68 Å². The zero-order valence-electron chi connectivity index (χ0n) is 16.6. The van der Waals surface area contributed by atoms with E-state index in [4.69, 9.17) is 26.2 Å². The van der Waals surface area contributed by atoms with Crippen LogP contribution in [0.3, 0.4) is 0 Å². The Hall–Kier alpha value is -2.09. The van der Waals surface area contributed by atoms with Gasteiger partial charge in [0.25, 0.3) is 5.91 Å². The predicted octanol–water partition coefficient (Wildman–Crippen LogP) is 2.53. The number of rotatable bonds is 3. The molecule has 1 aromatic heterocycles. The first-order valence-corrected chi connectivity index (χ1v) is 10.6. The third-order valence-electron chi connectivity index (χ3n) is 6.32. The van der Waals surface area contributed by atoms with Gasteiger partial charge in [0.2, 0.25) is 0 Å². The minimum absolute atomic E-state index is 0.0267. The van der Waals surface area contributed by atoms with Gasteiger partial charge in [-0.3, -0.25) is 4.79 Å². The third kappa shape index (κ3) is 3.31. The highest BCUT2D eigenvalue weighted by molar-refractivity contribution is 6.32. The molecule has 5 heterocycles. The molecule has 3 saturated heterocycles. The normalized spacial score (nSPS) is 23.6. The average Bonchev–Trinajstić information content (AvgIpc) is 2.88. The van der Waals surface area contributed by atoms with Crippen molar-refractivity contribution in [1.82, 2.24) is 19.6 Å². The Balaban J connectivity index is 1.54. The summed E-state index contributed by atoms with van der Waals surface area (Å²) in [5, 5.41) is 5.30. The number of halogens is 1. The Bertz CT molecular complexity index is 936. The van der Waals surface area contributed by atoms with Gasteiger partial charge < -0.3 is 19.3 Å². The van der Waals surface area contributed by atoms with Crippen molar-refractivity contribution in [3.63, 3.8) is 0 Å². The van der Waals surface area contributed by atoms with E-state index >= 15 is 0 Å². The second-order valence-corrected chi connectivity index (χ2v) is 8.29. The van der Waals surface area contributed by atoms with Crippen molar-refractivity contribution in [2.45, 2.75) is 31.9 Å². The zero-order valence-corrected chi connectivity index (χ0v) is 17.3. The maximum Gasteiger partial charge on any atom is 0.275 e. The molecule has 0 spiro atoms. The lowest BCUT2D eigenvalue weighted by molar-refractivity contribution is 0.0667. The van der Waals surface area contributed by atoms with Crippen LogP contribution in [0, 0.1) is 0 Å². The van der Waals surface area contributed by atoms with Gasteiger partial charge >= 0.3 is 0 Å². The van der Waals surface area contributed by atoms with E-state index in [0.29, 0.717) is 35.7 Å².